The molecule has 20 heavy (non-hydrogen) atoms. The molecule has 1 rings (SSSR count). The second-order valence-electron chi connectivity index (χ2n) is 7.03. The van der Waals surface area contributed by atoms with Crippen LogP contribution in [0.4, 0.5) is 0 Å². The minimum Gasteiger partial charge on any atom is -0.383 e. The van der Waals surface area contributed by atoms with E-state index in [2.05, 4.69) is 37.9 Å². The number of nitrogens with zero attached hydrogens (tertiary/aromatic N) is 1. The molecule has 1 aliphatic rings. The normalized spacial score (nSPS) is 18.6. The monoisotopic (exact) mass is 284 g/mol. The molecule has 0 saturated heterocycles. The highest BCUT2D eigenvalue weighted by Crippen LogP contribution is 2.26. The van der Waals surface area contributed by atoms with Crippen LogP contribution >= 0.6 is 0 Å². The van der Waals surface area contributed by atoms with Gasteiger partial charge in [-0.05, 0) is 31.7 Å². The Balaban J connectivity index is 2.62. The lowest BCUT2D eigenvalue weighted by Gasteiger charge is -2.37. The van der Waals surface area contributed by atoms with Crippen molar-refractivity contribution in [2.75, 3.05) is 26.8 Å². The Bertz CT molecular complexity index is 237. The fraction of sp³-hybridized carbons (Fsp3) is 1.00. The van der Waals surface area contributed by atoms with Gasteiger partial charge in [0.25, 0.3) is 0 Å². The maximum absolute atomic E-state index is 5.50. The third kappa shape index (κ3) is 6.55. The summed E-state index contributed by atoms with van der Waals surface area (Å²) in [6.07, 6.45) is 6.85. The first-order valence-corrected chi connectivity index (χ1v) is 8.52. The Morgan fingerprint density at radius 3 is 2.30 bits per heavy atom. The fourth-order valence-corrected chi connectivity index (χ4v) is 3.14. The molecular formula is C17H36N2O. The van der Waals surface area contributed by atoms with Crippen molar-refractivity contribution in [1.82, 2.24) is 10.2 Å². The highest BCUT2D eigenvalue weighted by Gasteiger charge is 2.28. The molecule has 0 heterocycles. The van der Waals surface area contributed by atoms with Gasteiger partial charge < -0.3 is 10.1 Å². The lowest BCUT2D eigenvalue weighted by atomic mass is 10.1. The van der Waals surface area contributed by atoms with E-state index in [9.17, 15) is 0 Å². The molecule has 1 fully saturated rings. The van der Waals surface area contributed by atoms with Crippen LogP contribution in [0, 0.1) is 5.92 Å². The van der Waals surface area contributed by atoms with Crippen LogP contribution in [-0.2, 0) is 4.74 Å². The van der Waals surface area contributed by atoms with E-state index in [0.717, 1.165) is 25.1 Å². The second kappa shape index (κ2) is 9.75. The van der Waals surface area contributed by atoms with E-state index in [1.54, 1.807) is 0 Å². The molecule has 0 aromatic rings. The minimum absolute atomic E-state index is 0.518. The number of rotatable bonds is 10. The zero-order chi connectivity index (χ0) is 15.0. The van der Waals surface area contributed by atoms with Crippen LogP contribution in [0.25, 0.3) is 0 Å². The van der Waals surface area contributed by atoms with E-state index in [0.29, 0.717) is 12.1 Å². The van der Waals surface area contributed by atoms with Gasteiger partial charge in [-0.25, -0.2) is 0 Å². The lowest BCUT2D eigenvalue weighted by molar-refractivity contribution is 0.0567. The topological polar surface area (TPSA) is 24.5 Å². The zero-order valence-electron chi connectivity index (χ0n) is 14.3. The maximum atomic E-state index is 5.50. The molecule has 1 N–H and O–H groups in total. The smallest absolute Gasteiger partial charge is 0.0630 e. The standard InChI is InChI=1S/C17H36N2O/c1-14(2)10-11-19(16-8-6-7-9-16)17(13-20-5)12-18-15(3)4/h14-18H,6-13H2,1-5H3. The molecule has 3 nitrogen and oxygen atoms in total. The Hall–Kier alpha value is -0.120. The molecular weight excluding hydrogens is 248 g/mol. The summed E-state index contributed by atoms with van der Waals surface area (Å²) in [5.41, 5.74) is 0. The molecule has 0 bridgehead atoms. The predicted octanol–water partition coefficient (Wildman–Crippen LogP) is 3.29. The Morgan fingerprint density at radius 2 is 1.80 bits per heavy atom. The Labute approximate surface area is 126 Å². The first-order valence-electron chi connectivity index (χ1n) is 8.52. The van der Waals surface area contributed by atoms with Crippen LogP contribution in [0.1, 0.15) is 59.8 Å². The van der Waals surface area contributed by atoms with Crippen molar-refractivity contribution >= 4 is 0 Å². The zero-order valence-corrected chi connectivity index (χ0v) is 14.3. The highest BCUT2D eigenvalue weighted by molar-refractivity contribution is 4.84. The number of ether oxygens (including phenoxy) is 1. The van der Waals surface area contributed by atoms with Gasteiger partial charge in [-0.15, -0.1) is 0 Å². The molecule has 0 amide bonds. The highest BCUT2D eigenvalue weighted by atomic mass is 16.5. The SMILES string of the molecule is COCC(CNC(C)C)N(CCC(C)C)C1CCCC1. The lowest BCUT2D eigenvalue weighted by Crippen LogP contribution is -2.50. The molecule has 0 spiro atoms. The summed E-state index contributed by atoms with van der Waals surface area (Å²) >= 11 is 0. The summed E-state index contributed by atoms with van der Waals surface area (Å²) in [5, 5.41) is 3.60. The van der Waals surface area contributed by atoms with Gasteiger partial charge in [0.05, 0.1) is 6.61 Å². The third-order valence-corrected chi connectivity index (χ3v) is 4.35. The van der Waals surface area contributed by atoms with Gasteiger partial charge in [0.2, 0.25) is 0 Å². The van der Waals surface area contributed by atoms with Gasteiger partial charge in [-0.2, -0.15) is 0 Å². The van der Waals surface area contributed by atoms with Crippen LogP contribution in [0.15, 0.2) is 0 Å². The van der Waals surface area contributed by atoms with Crippen molar-refractivity contribution < 1.29 is 4.74 Å². The number of methoxy groups -OCH3 is 1. The van der Waals surface area contributed by atoms with Gasteiger partial charge >= 0.3 is 0 Å². The van der Waals surface area contributed by atoms with Gasteiger partial charge in [0.15, 0.2) is 0 Å². The molecule has 0 radical (unpaired) electrons. The van der Waals surface area contributed by atoms with Crippen LogP contribution in [0.2, 0.25) is 0 Å². The first kappa shape index (κ1) is 17.9. The summed E-state index contributed by atoms with van der Waals surface area (Å²) in [5.74, 6) is 0.778. The molecule has 0 aromatic heterocycles. The van der Waals surface area contributed by atoms with E-state index in [4.69, 9.17) is 4.74 Å². The van der Waals surface area contributed by atoms with Crippen LogP contribution in [-0.4, -0.2) is 49.8 Å². The van der Waals surface area contributed by atoms with Crippen molar-refractivity contribution in [2.45, 2.75) is 77.9 Å². The Morgan fingerprint density at radius 1 is 1.15 bits per heavy atom. The first-order chi connectivity index (χ1) is 9.54. The van der Waals surface area contributed by atoms with E-state index >= 15 is 0 Å². The quantitative estimate of drug-likeness (QED) is 0.666. The molecule has 120 valence electrons. The van der Waals surface area contributed by atoms with Gasteiger partial charge in [-0.3, -0.25) is 4.90 Å². The molecule has 0 aromatic carbocycles. The van der Waals surface area contributed by atoms with Crippen molar-refractivity contribution in [3.05, 3.63) is 0 Å². The molecule has 0 aliphatic heterocycles. The van der Waals surface area contributed by atoms with Crippen molar-refractivity contribution in [3.8, 4) is 0 Å². The summed E-state index contributed by atoms with van der Waals surface area (Å²) in [7, 11) is 1.83. The predicted molar refractivity (Wildman–Crippen MR) is 87.2 cm³/mol. The minimum atomic E-state index is 0.518. The number of nitrogens with one attached hydrogen (secondary N) is 1. The second-order valence-corrected chi connectivity index (χ2v) is 7.03. The molecule has 3 heteroatoms. The van der Waals surface area contributed by atoms with E-state index < -0.39 is 0 Å². The van der Waals surface area contributed by atoms with E-state index in [-0.39, 0.29) is 0 Å². The number of hydrogen-bond donors (Lipinski definition) is 1. The summed E-state index contributed by atoms with van der Waals surface area (Å²) < 4.78 is 5.50. The summed E-state index contributed by atoms with van der Waals surface area (Å²) in [6, 6.07) is 1.84. The van der Waals surface area contributed by atoms with E-state index in [1.807, 2.05) is 7.11 Å². The maximum Gasteiger partial charge on any atom is 0.0630 e. The summed E-state index contributed by atoms with van der Waals surface area (Å²) in [4.78, 5) is 2.74. The van der Waals surface area contributed by atoms with Crippen LogP contribution < -0.4 is 5.32 Å². The number of hydrogen-bond acceptors (Lipinski definition) is 3. The van der Waals surface area contributed by atoms with Crippen molar-refractivity contribution in [1.29, 1.82) is 0 Å². The molecule has 1 saturated carbocycles. The van der Waals surface area contributed by atoms with E-state index in [1.165, 1.54) is 38.6 Å². The van der Waals surface area contributed by atoms with Gasteiger partial charge in [0, 0.05) is 31.8 Å². The van der Waals surface area contributed by atoms with Gasteiger partial charge in [0.1, 0.15) is 0 Å². The largest absolute Gasteiger partial charge is 0.383 e. The van der Waals surface area contributed by atoms with Crippen LogP contribution in [0.3, 0.4) is 0 Å². The summed E-state index contributed by atoms with van der Waals surface area (Å²) in [6.45, 7) is 12.2. The fourth-order valence-electron chi connectivity index (χ4n) is 3.14. The van der Waals surface area contributed by atoms with Crippen LogP contribution in [0.5, 0.6) is 0 Å². The average molecular weight is 284 g/mol. The van der Waals surface area contributed by atoms with Gasteiger partial charge in [-0.1, -0.05) is 40.5 Å². The molecule has 1 aliphatic carbocycles. The van der Waals surface area contributed by atoms with Crippen molar-refractivity contribution in [2.24, 2.45) is 5.92 Å². The average Bonchev–Trinajstić information content (AvgIpc) is 2.89. The molecule has 1 atom stereocenters. The Kier molecular flexibility index (Phi) is 8.74. The van der Waals surface area contributed by atoms with Crippen molar-refractivity contribution in [3.63, 3.8) is 0 Å². The molecule has 1 unspecified atom stereocenters. The third-order valence-electron chi connectivity index (χ3n) is 4.35.